The van der Waals surface area contributed by atoms with E-state index in [4.69, 9.17) is 19.4 Å². The second-order valence-electron chi connectivity index (χ2n) is 16.9. The Labute approximate surface area is 311 Å². The molecule has 0 unspecified atom stereocenters. The molecule has 3 atom stereocenters. The molecule has 1 aliphatic heterocycles. The van der Waals surface area contributed by atoms with Gasteiger partial charge in [0, 0.05) is 24.1 Å². The SMILES string of the molecule is CC(C)(C)OC(=O)N[C@H]1CCC[C@@H]1c1nc2ccc(-c3ccc(-c4ccc5c(c4)CCc4nc([C@@H]6CCCN6C(=O)OC(C)(C)C)[nH]c4-5)cc3)cc2[nH]1. The van der Waals surface area contributed by atoms with Crippen molar-refractivity contribution >= 4 is 23.2 Å². The number of alkyl carbamates (subject to hydrolysis) is 1. The monoisotopic (exact) mass is 714 g/mol. The summed E-state index contributed by atoms with van der Waals surface area (Å²) < 4.78 is 11.2. The Hall–Kier alpha value is -5.12. The van der Waals surface area contributed by atoms with Gasteiger partial charge >= 0.3 is 12.2 Å². The van der Waals surface area contributed by atoms with Crippen LogP contribution in [0.1, 0.15) is 109 Å². The summed E-state index contributed by atoms with van der Waals surface area (Å²) in [5, 5.41) is 3.09. The molecule has 3 N–H and O–H groups in total. The van der Waals surface area contributed by atoms with E-state index in [9.17, 15) is 9.59 Å². The number of ether oxygens (including phenoxy) is 2. The van der Waals surface area contributed by atoms with Crippen molar-refractivity contribution in [2.24, 2.45) is 0 Å². The molecule has 2 aliphatic carbocycles. The first kappa shape index (κ1) is 34.9. The quantitative estimate of drug-likeness (QED) is 0.167. The molecule has 0 spiro atoms. The molecule has 276 valence electrons. The highest BCUT2D eigenvalue weighted by Gasteiger charge is 2.36. The van der Waals surface area contributed by atoms with Gasteiger partial charge in [-0.05, 0) is 120 Å². The van der Waals surface area contributed by atoms with Crippen LogP contribution < -0.4 is 5.32 Å². The number of amides is 2. The molecule has 3 aromatic carbocycles. The molecule has 53 heavy (non-hydrogen) atoms. The van der Waals surface area contributed by atoms with Gasteiger partial charge in [-0.2, -0.15) is 0 Å². The first-order valence-electron chi connectivity index (χ1n) is 19.1. The Balaban J connectivity index is 0.970. The topological polar surface area (TPSA) is 125 Å². The van der Waals surface area contributed by atoms with E-state index in [2.05, 4.69) is 75.9 Å². The van der Waals surface area contributed by atoms with E-state index in [1.54, 1.807) is 0 Å². The van der Waals surface area contributed by atoms with E-state index < -0.39 is 11.2 Å². The molecule has 1 saturated heterocycles. The number of aromatic nitrogens is 4. The molecule has 0 radical (unpaired) electrons. The van der Waals surface area contributed by atoms with E-state index in [-0.39, 0.29) is 30.2 Å². The molecule has 3 aliphatic rings. The molecule has 1 saturated carbocycles. The molecule has 0 bridgehead atoms. The molecule has 10 heteroatoms. The largest absolute Gasteiger partial charge is 0.444 e. The normalized spacial score (nSPS) is 20.0. The third-order valence-electron chi connectivity index (χ3n) is 10.6. The van der Waals surface area contributed by atoms with Crippen molar-refractivity contribution < 1.29 is 19.1 Å². The summed E-state index contributed by atoms with van der Waals surface area (Å²) in [6.07, 6.45) is 5.85. The van der Waals surface area contributed by atoms with Crippen molar-refractivity contribution in [3.05, 3.63) is 83.6 Å². The fourth-order valence-electron chi connectivity index (χ4n) is 8.22. The molecule has 5 aromatic rings. The van der Waals surface area contributed by atoms with Crippen LogP contribution in [-0.2, 0) is 22.3 Å². The number of rotatable bonds is 5. The van der Waals surface area contributed by atoms with Crippen LogP contribution in [0.2, 0.25) is 0 Å². The van der Waals surface area contributed by atoms with Gasteiger partial charge in [0.05, 0.1) is 28.5 Å². The minimum Gasteiger partial charge on any atom is -0.444 e. The van der Waals surface area contributed by atoms with Crippen LogP contribution in [0.3, 0.4) is 0 Å². The Kier molecular flexibility index (Phi) is 8.82. The molecule has 2 amide bonds. The number of nitrogens with one attached hydrogen (secondary N) is 3. The first-order valence-corrected chi connectivity index (χ1v) is 19.1. The van der Waals surface area contributed by atoms with Crippen molar-refractivity contribution in [3.8, 4) is 33.5 Å². The second-order valence-corrected chi connectivity index (χ2v) is 16.9. The molecule has 3 heterocycles. The zero-order chi connectivity index (χ0) is 37.1. The highest BCUT2D eigenvalue weighted by atomic mass is 16.6. The molecule has 2 fully saturated rings. The maximum atomic E-state index is 13.0. The van der Waals surface area contributed by atoms with Gasteiger partial charge in [0.15, 0.2) is 0 Å². The number of fused-ring (bicyclic) bond motifs is 4. The summed E-state index contributed by atoms with van der Waals surface area (Å²) in [4.78, 5) is 44.4. The number of benzene rings is 3. The number of carbonyl (C=O) groups is 2. The van der Waals surface area contributed by atoms with Crippen LogP contribution in [0.15, 0.2) is 60.7 Å². The Morgan fingerprint density at radius 3 is 2.19 bits per heavy atom. The molecule has 8 rings (SSSR count). The number of nitrogens with zero attached hydrogens (tertiary/aromatic N) is 3. The maximum absolute atomic E-state index is 13.0. The van der Waals surface area contributed by atoms with Gasteiger partial charge in [0.2, 0.25) is 0 Å². The van der Waals surface area contributed by atoms with E-state index in [0.717, 1.165) is 90.1 Å². The first-order chi connectivity index (χ1) is 25.3. The standard InChI is InChI=1S/C43H50N6O4/c1-42(2,3)52-40(50)47-32-10-7-9-31(32)38-44-33-20-17-28(24-35(33)46-38)26-14-12-25(13-15-26)27-16-19-30-29(23-27)18-21-34-37(30)48-39(45-34)36-11-8-22-49(36)41(51)53-43(4,5)6/h12-17,19-20,23-24,31-32,36H,7-11,18,21-22H2,1-6H3,(H,44,46)(H,45,48)(H,47,50)/t31-,32-,36-/m0/s1. The maximum Gasteiger partial charge on any atom is 0.410 e. The van der Waals surface area contributed by atoms with Gasteiger partial charge in [-0.1, -0.05) is 55.0 Å². The summed E-state index contributed by atoms with van der Waals surface area (Å²) in [5.41, 5.74) is 10.1. The Morgan fingerprint density at radius 1 is 0.755 bits per heavy atom. The zero-order valence-electron chi connectivity index (χ0n) is 31.6. The van der Waals surface area contributed by atoms with E-state index in [0.29, 0.717) is 6.54 Å². The number of imidazole rings is 2. The fourth-order valence-corrected chi connectivity index (χ4v) is 8.22. The van der Waals surface area contributed by atoms with Gasteiger partial charge in [0.1, 0.15) is 22.9 Å². The van der Waals surface area contributed by atoms with E-state index in [1.165, 1.54) is 22.3 Å². The van der Waals surface area contributed by atoms with Crippen molar-refractivity contribution in [2.45, 2.75) is 116 Å². The van der Waals surface area contributed by atoms with Crippen LogP contribution in [0.5, 0.6) is 0 Å². The number of aryl methyl sites for hydroxylation is 2. The fraction of sp³-hybridized carbons (Fsp3) is 0.442. The van der Waals surface area contributed by atoms with E-state index >= 15 is 0 Å². The van der Waals surface area contributed by atoms with Crippen LogP contribution >= 0.6 is 0 Å². The summed E-state index contributed by atoms with van der Waals surface area (Å²) in [7, 11) is 0. The molecule has 10 nitrogen and oxygen atoms in total. The Bertz CT molecular complexity index is 2170. The number of H-pyrrole nitrogens is 2. The average Bonchev–Trinajstić information content (AvgIpc) is 3.91. The zero-order valence-corrected chi connectivity index (χ0v) is 31.6. The number of aromatic amines is 2. The summed E-state index contributed by atoms with van der Waals surface area (Å²) in [6, 6.07) is 21.7. The van der Waals surface area contributed by atoms with Crippen molar-refractivity contribution in [1.82, 2.24) is 30.2 Å². The molecule has 2 aromatic heterocycles. The highest BCUT2D eigenvalue weighted by Crippen LogP contribution is 2.39. The predicted molar refractivity (Wildman–Crippen MR) is 207 cm³/mol. The van der Waals surface area contributed by atoms with Crippen LogP contribution in [0, 0.1) is 0 Å². The van der Waals surface area contributed by atoms with Gasteiger partial charge in [0.25, 0.3) is 0 Å². The third kappa shape index (κ3) is 7.28. The Morgan fingerprint density at radius 2 is 1.45 bits per heavy atom. The van der Waals surface area contributed by atoms with Crippen molar-refractivity contribution in [3.63, 3.8) is 0 Å². The van der Waals surface area contributed by atoms with E-state index in [1.807, 2.05) is 46.4 Å². The van der Waals surface area contributed by atoms with Crippen LogP contribution in [0.25, 0.3) is 44.5 Å². The number of hydrogen-bond acceptors (Lipinski definition) is 6. The van der Waals surface area contributed by atoms with Crippen LogP contribution in [-0.4, -0.2) is 60.8 Å². The van der Waals surface area contributed by atoms with Crippen molar-refractivity contribution in [2.75, 3.05) is 6.54 Å². The van der Waals surface area contributed by atoms with Crippen molar-refractivity contribution in [1.29, 1.82) is 0 Å². The average molecular weight is 715 g/mol. The summed E-state index contributed by atoms with van der Waals surface area (Å²) >= 11 is 0. The van der Waals surface area contributed by atoms with Gasteiger partial charge in [-0.15, -0.1) is 0 Å². The minimum absolute atomic E-state index is 0.00581. The number of hydrogen-bond donors (Lipinski definition) is 3. The van der Waals surface area contributed by atoms with Gasteiger partial charge in [-0.25, -0.2) is 19.6 Å². The molecular weight excluding hydrogens is 665 g/mol. The lowest BCUT2D eigenvalue weighted by Crippen LogP contribution is -2.40. The van der Waals surface area contributed by atoms with Crippen LogP contribution in [0.4, 0.5) is 9.59 Å². The number of likely N-dealkylation sites (tertiary alicyclic amines) is 1. The smallest absolute Gasteiger partial charge is 0.410 e. The number of carbonyl (C=O) groups excluding carboxylic acids is 2. The molecular formula is C43H50N6O4. The second kappa shape index (κ2) is 13.4. The summed E-state index contributed by atoms with van der Waals surface area (Å²) in [5.74, 6) is 1.89. The lowest BCUT2D eigenvalue weighted by atomic mass is 9.89. The third-order valence-corrected chi connectivity index (χ3v) is 10.6. The van der Waals surface area contributed by atoms with Gasteiger partial charge in [-0.3, -0.25) is 4.90 Å². The van der Waals surface area contributed by atoms with Gasteiger partial charge < -0.3 is 24.8 Å². The predicted octanol–water partition coefficient (Wildman–Crippen LogP) is 9.62. The lowest BCUT2D eigenvalue weighted by Gasteiger charge is -2.27. The highest BCUT2D eigenvalue weighted by molar-refractivity contribution is 5.83. The summed E-state index contributed by atoms with van der Waals surface area (Å²) in [6.45, 7) is 12.0. The lowest BCUT2D eigenvalue weighted by molar-refractivity contribution is 0.0218. The minimum atomic E-state index is -0.534.